The largest absolute Gasteiger partial charge is 0.495 e. The van der Waals surface area contributed by atoms with Crippen LogP contribution in [0, 0.1) is 0 Å². The molecule has 0 unspecified atom stereocenters. The number of nitrogens with two attached hydrogens (primary N) is 1. The van der Waals surface area contributed by atoms with Crippen molar-refractivity contribution in [3.8, 4) is 17.2 Å². The number of methoxy groups -OCH3 is 1. The first-order chi connectivity index (χ1) is 10.2. The number of sulfonamides is 1. The molecule has 0 aliphatic carbocycles. The van der Waals surface area contributed by atoms with Gasteiger partial charge in [-0.2, -0.15) is 0 Å². The summed E-state index contributed by atoms with van der Waals surface area (Å²) in [6, 6.07) is 7.39. The monoisotopic (exact) mass is 425 g/mol. The third-order valence-electron chi connectivity index (χ3n) is 2.62. The van der Waals surface area contributed by atoms with E-state index in [0.717, 1.165) is 0 Å². The Labute approximate surface area is 146 Å². The number of hydrogen-bond donors (Lipinski definition) is 1. The van der Waals surface area contributed by atoms with Crippen LogP contribution in [0.5, 0.6) is 17.2 Å². The molecule has 118 valence electrons. The zero-order valence-corrected chi connectivity index (χ0v) is 15.1. The van der Waals surface area contributed by atoms with Gasteiger partial charge in [-0.05, 0) is 24.3 Å². The van der Waals surface area contributed by atoms with Crippen LogP contribution < -0.4 is 14.6 Å². The predicted octanol–water partition coefficient (Wildman–Crippen LogP) is 4.20. The van der Waals surface area contributed by atoms with Crippen molar-refractivity contribution in [3.63, 3.8) is 0 Å². The van der Waals surface area contributed by atoms with Crippen molar-refractivity contribution in [1.29, 1.82) is 0 Å². The van der Waals surface area contributed by atoms with Crippen molar-refractivity contribution in [2.24, 2.45) is 5.14 Å². The summed E-state index contributed by atoms with van der Waals surface area (Å²) < 4.78 is 34.4. The molecule has 2 rings (SSSR count). The summed E-state index contributed by atoms with van der Waals surface area (Å²) in [5.41, 5.74) is 0. The third kappa shape index (κ3) is 3.85. The number of benzene rings is 2. The van der Waals surface area contributed by atoms with E-state index < -0.39 is 10.0 Å². The summed E-state index contributed by atoms with van der Waals surface area (Å²) in [7, 11) is -2.63. The fourth-order valence-electron chi connectivity index (χ4n) is 1.69. The van der Waals surface area contributed by atoms with Gasteiger partial charge in [0.2, 0.25) is 10.0 Å². The lowest BCUT2D eigenvalue weighted by Crippen LogP contribution is -2.13. The molecule has 0 bridgehead atoms. The van der Waals surface area contributed by atoms with Gasteiger partial charge in [-0.25, -0.2) is 13.6 Å². The highest BCUT2D eigenvalue weighted by molar-refractivity contribution is 9.10. The van der Waals surface area contributed by atoms with Gasteiger partial charge in [0.25, 0.3) is 0 Å². The van der Waals surface area contributed by atoms with Gasteiger partial charge in [-0.1, -0.05) is 39.1 Å². The van der Waals surface area contributed by atoms with Gasteiger partial charge >= 0.3 is 0 Å². The van der Waals surface area contributed by atoms with Gasteiger partial charge in [0, 0.05) is 10.5 Å². The van der Waals surface area contributed by atoms with Crippen molar-refractivity contribution in [2.45, 2.75) is 4.90 Å². The molecule has 22 heavy (non-hydrogen) atoms. The van der Waals surface area contributed by atoms with Gasteiger partial charge in [0.1, 0.15) is 16.4 Å². The predicted molar refractivity (Wildman–Crippen MR) is 88.6 cm³/mol. The van der Waals surface area contributed by atoms with E-state index in [1.807, 2.05) is 0 Å². The summed E-state index contributed by atoms with van der Waals surface area (Å²) in [6.07, 6.45) is 0. The second kappa shape index (κ2) is 6.64. The molecule has 0 aliphatic rings. The molecule has 0 aromatic heterocycles. The normalized spacial score (nSPS) is 11.3. The Balaban J connectivity index is 2.48. The number of hydrogen-bond acceptors (Lipinski definition) is 4. The van der Waals surface area contributed by atoms with Gasteiger partial charge in [-0.15, -0.1) is 0 Å². The first-order valence-electron chi connectivity index (χ1n) is 5.75. The SMILES string of the molecule is COc1ccc(Oc2c(Cl)cc(Br)cc2Cl)cc1S(N)(=O)=O. The van der Waals surface area contributed by atoms with Crippen molar-refractivity contribution >= 4 is 49.2 Å². The number of primary sulfonamides is 1. The Hall–Kier alpha value is -0.990. The molecule has 0 atom stereocenters. The quantitative estimate of drug-likeness (QED) is 0.794. The van der Waals surface area contributed by atoms with E-state index >= 15 is 0 Å². The second-order valence-corrected chi connectivity index (χ2v) is 7.42. The first-order valence-corrected chi connectivity index (χ1v) is 8.85. The highest BCUT2D eigenvalue weighted by Gasteiger charge is 2.17. The zero-order chi connectivity index (χ0) is 16.5. The summed E-state index contributed by atoms with van der Waals surface area (Å²) in [6.45, 7) is 0. The average Bonchev–Trinajstić information content (AvgIpc) is 2.41. The Morgan fingerprint density at radius 2 is 1.73 bits per heavy atom. The molecular formula is C13H10BrCl2NO4S. The van der Waals surface area contributed by atoms with Gasteiger partial charge in [0.15, 0.2) is 5.75 Å². The van der Waals surface area contributed by atoms with Crippen molar-refractivity contribution in [1.82, 2.24) is 0 Å². The van der Waals surface area contributed by atoms with Crippen LogP contribution in [0.2, 0.25) is 10.0 Å². The van der Waals surface area contributed by atoms with Gasteiger partial charge in [-0.3, -0.25) is 0 Å². The minimum absolute atomic E-state index is 0.114. The zero-order valence-electron chi connectivity index (χ0n) is 11.1. The van der Waals surface area contributed by atoms with E-state index in [4.69, 9.17) is 37.8 Å². The highest BCUT2D eigenvalue weighted by atomic mass is 79.9. The van der Waals surface area contributed by atoms with Crippen LogP contribution in [0.4, 0.5) is 0 Å². The minimum atomic E-state index is -3.97. The lowest BCUT2D eigenvalue weighted by molar-refractivity contribution is 0.400. The van der Waals surface area contributed by atoms with E-state index in [2.05, 4.69) is 15.9 Å². The molecule has 0 spiro atoms. The van der Waals surface area contributed by atoms with Crippen LogP contribution in [0.15, 0.2) is 39.7 Å². The average molecular weight is 427 g/mol. The second-order valence-electron chi connectivity index (χ2n) is 4.16. The van der Waals surface area contributed by atoms with E-state index in [9.17, 15) is 8.42 Å². The van der Waals surface area contributed by atoms with Gasteiger partial charge in [0.05, 0.1) is 17.2 Å². The molecule has 2 aromatic rings. The van der Waals surface area contributed by atoms with Crippen molar-refractivity contribution < 1.29 is 17.9 Å². The molecular weight excluding hydrogens is 417 g/mol. The molecule has 0 heterocycles. The number of ether oxygens (including phenoxy) is 2. The number of halogens is 3. The van der Waals surface area contributed by atoms with Crippen LogP contribution in [0.1, 0.15) is 0 Å². The van der Waals surface area contributed by atoms with E-state index in [1.54, 1.807) is 12.1 Å². The standard InChI is InChI=1S/C13H10BrCl2NO4S/c1-20-11-3-2-8(6-12(11)22(17,18)19)21-13-9(15)4-7(14)5-10(13)16/h2-6H,1H3,(H2,17,18,19). The van der Waals surface area contributed by atoms with Gasteiger partial charge < -0.3 is 9.47 Å². The molecule has 0 amide bonds. The number of rotatable bonds is 4. The summed E-state index contributed by atoms with van der Waals surface area (Å²) >= 11 is 15.4. The highest BCUT2D eigenvalue weighted by Crippen LogP contribution is 2.39. The van der Waals surface area contributed by atoms with Crippen LogP contribution in [-0.2, 0) is 10.0 Å². The van der Waals surface area contributed by atoms with Crippen molar-refractivity contribution in [3.05, 3.63) is 44.8 Å². The summed E-state index contributed by atoms with van der Waals surface area (Å²) in [5.74, 6) is 0.524. The topological polar surface area (TPSA) is 78.6 Å². The Bertz CT molecular complexity index is 804. The maximum atomic E-state index is 11.6. The molecule has 2 N–H and O–H groups in total. The molecule has 2 aromatic carbocycles. The molecule has 0 fully saturated rings. The fourth-order valence-corrected chi connectivity index (χ4v) is 3.69. The van der Waals surface area contributed by atoms with Crippen LogP contribution >= 0.6 is 39.1 Å². The smallest absolute Gasteiger partial charge is 0.241 e. The third-order valence-corrected chi connectivity index (χ3v) is 4.58. The van der Waals surface area contributed by atoms with E-state index in [-0.39, 0.29) is 32.2 Å². The first kappa shape index (κ1) is 17.4. The molecule has 5 nitrogen and oxygen atoms in total. The molecule has 0 radical (unpaired) electrons. The van der Waals surface area contributed by atoms with E-state index in [1.165, 1.54) is 25.3 Å². The Kier molecular flexibility index (Phi) is 5.24. The molecule has 0 saturated carbocycles. The van der Waals surface area contributed by atoms with Crippen LogP contribution in [0.25, 0.3) is 0 Å². The minimum Gasteiger partial charge on any atom is -0.495 e. The maximum Gasteiger partial charge on any atom is 0.241 e. The van der Waals surface area contributed by atoms with Crippen LogP contribution in [0.3, 0.4) is 0 Å². The Morgan fingerprint density at radius 1 is 1.14 bits per heavy atom. The Morgan fingerprint density at radius 3 is 2.23 bits per heavy atom. The summed E-state index contributed by atoms with van der Waals surface area (Å²) in [5, 5.41) is 5.69. The van der Waals surface area contributed by atoms with Crippen molar-refractivity contribution in [2.75, 3.05) is 7.11 Å². The van der Waals surface area contributed by atoms with Crippen LogP contribution in [-0.4, -0.2) is 15.5 Å². The molecule has 0 saturated heterocycles. The van der Waals surface area contributed by atoms with E-state index in [0.29, 0.717) is 4.47 Å². The molecule has 9 heteroatoms. The maximum absolute atomic E-state index is 11.6. The molecule has 0 aliphatic heterocycles. The fraction of sp³-hybridized carbons (Fsp3) is 0.0769. The lowest BCUT2D eigenvalue weighted by Gasteiger charge is -2.12. The lowest BCUT2D eigenvalue weighted by atomic mass is 10.3. The summed E-state index contributed by atoms with van der Waals surface area (Å²) in [4.78, 5) is -0.197.